The first kappa shape index (κ1) is 46.0. The molecule has 350 valence electrons. The normalized spacial score (nSPS) is 20.0. The van der Waals surface area contributed by atoms with Crippen LogP contribution in [-0.4, -0.2) is 56.4 Å². The summed E-state index contributed by atoms with van der Waals surface area (Å²) in [6.45, 7) is 1.31. The van der Waals surface area contributed by atoms with E-state index in [0.717, 1.165) is 130 Å². The molecule has 3 amide bonds. The van der Waals surface area contributed by atoms with E-state index in [2.05, 4.69) is 53.8 Å². The van der Waals surface area contributed by atoms with Crippen LogP contribution in [-0.2, 0) is 19.2 Å². The molecule has 4 atom stereocenters. The number of benzene rings is 4. The van der Waals surface area contributed by atoms with Crippen LogP contribution in [0.1, 0.15) is 141 Å². The van der Waals surface area contributed by atoms with Gasteiger partial charge in [-0.1, -0.05) is 148 Å². The number of rotatable bonds is 14. The van der Waals surface area contributed by atoms with E-state index in [-0.39, 0.29) is 53.8 Å². The van der Waals surface area contributed by atoms with Gasteiger partial charge in [-0.2, -0.15) is 0 Å². The van der Waals surface area contributed by atoms with Crippen LogP contribution in [0.25, 0.3) is 32.0 Å². The molecule has 0 spiro atoms. The smallest absolute Gasteiger partial charge is 0.250 e. The number of nitrogens with zero attached hydrogens (tertiary/aromatic N) is 4. The molecule has 68 heavy (non-hydrogen) atoms. The standard InChI is InChI=1S/C57H61N5O4S2/c63-49(41-17-7-2-8-18-41)35-46(40-15-5-1-6-16-40)56(65)61-33-13-23-47(61)54-58-36-50(67-54)42-29-25-38(26-30-42)39-27-31-43(32-28-39)51-37-59-55(68-51)48-24-14-34-62(48)57(66)52(44-19-9-3-10-20-44)60-53(64)45-21-11-4-12-22-45/h1,3,5-6,9-10,15-16,19-20,25-32,36-37,41,45-48,52H,2,4,7-8,11-14,17-18,21-24,33-35H2,(H,60,64)/t46-,47+,48+,52-/m1/s1. The molecule has 10 rings (SSSR count). The summed E-state index contributed by atoms with van der Waals surface area (Å²) < 4.78 is 0. The minimum absolute atomic E-state index is 0.0116. The van der Waals surface area contributed by atoms with Crippen LogP contribution in [0, 0.1) is 11.8 Å². The van der Waals surface area contributed by atoms with Gasteiger partial charge in [-0.15, -0.1) is 22.7 Å². The van der Waals surface area contributed by atoms with Crippen LogP contribution >= 0.6 is 22.7 Å². The largest absolute Gasteiger partial charge is 0.340 e. The predicted octanol–water partition coefficient (Wildman–Crippen LogP) is 12.7. The van der Waals surface area contributed by atoms with Gasteiger partial charge in [-0.25, -0.2) is 9.97 Å². The summed E-state index contributed by atoms with van der Waals surface area (Å²) in [5, 5.41) is 5.05. The van der Waals surface area contributed by atoms with Crippen LogP contribution < -0.4 is 5.32 Å². The molecule has 0 unspecified atom stereocenters. The van der Waals surface area contributed by atoms with Crippen LogP contribution in [0.3, 0.4) is 0 Å². The third-order valence-electron chi connectivity index (χ3n) is 15.0. The van der Waals surface area contributed by atoms with E-state index in [0.29, 0.717) is 13.1 Å². The van der Waals surface area contributed by atoms with Crippen LogP contribution in [0.15, 0.2) is 122 Å². The van der Waals surface area contributed by atoms with E-state index in [1.54, 1.807) is 22.7 Å². The number of amides is 3. The lowest BCUT2D eigenvalue weighted by atomic mass is 9.81. The van der Waals surface area contributed by atoms with Gasteiger partial charge < -0.3 is 15.1 Å². The van der Waals surface area contributed by atoms with Crippen LogP contribution in [0.4, 0.5) is 0 Å². The fourth-order valence-corrected chi connectivity index (χ4v) is 13.3. The summed E-state index contributed by atoms with van der Waals surface area (Å²) in [5.74, 6) is -0.231. The number of nitrogens with one attached hydrogen (secondary N) is 1. The van der Waals surface area contributed by atoms with Crippen molar-refractivity contribution in [3.8, 4) is 32.0 Å². The number of carbonyl (C=O) groups excluding carboxylic acids is 4. The molecule has 4 fully saturated rings. The highest BCUT2D eigenvalue weighted by Gasteiger charge is 2.40. The van der Waals surface area contributed by atoms with E-state index in [1.165, 1.54) is 12.8 Å². The van der Waals surface area contributed by atoms with Gasteiger partial charge in [0.2, 0.25) is 17.7 Å². The average Bonchev–Trinajstić information content (AvgIpc) is 4.26. The Balaban J connectivity index is 0.790. The lowest BCUT2D eigenvalue weighted by molar-refractivity contribution is -0.138. The number of aromatic nitrogens is 2. The summed E-state index contributed by atoms with van der Waals surface area (Å²) in [4.78, 5) is 71.7. The Bertz CT molecular complexity index is 2490. The number of hydrogen-bond acceptors (Lipinski definition) is 8. The second kappa shape index (κ2) is 21.2. The topological polar surface area (TPSA) is 113 Å². The fraction of sp³-hybridized carbons (Fsp3) is 0.404. The summed E-state index contributed by atoms with van der Waals surface area (Å²) in [7, 11) is 0. The molecule has 0 bridgehead atoms. The van der Waals surface area contributed by atoms with E-state index in [4.69, 9.17) is 9.97 Å². The maximum Gasteiger partial charge on any atom is 0.250 e. The highest BCUT2D eigenvalue weighted by Crippen LogP contribution is 2.42. The molecular formula is C57H61N5O4S2. The molecule has 11 heteroatoms. The Hall–Kier alpha value is -5.78. The van der Waals surface area contributed by atoms with E-state index in [1.807, 2.05) is 82.9 Å². The van der Waals surface area contributed by atoms with Crippen molar-refractivity contribution in [3.63, 3.8) is 0 Å². The first-order valence-corrected chi connectivity index (χ1v) is 26.7. The molecule has 2 saturated heterocycles. The first-order chi connectivity index (χ1) is 33.4. The zero-order valence-corrected chi connectivity index (χ0v) is 40.4. The minimum atomic E-state index is -0.722. The maximum absolute atomic E-state index is 14.4. The highest BCUT2D eigenvalue weighted by molar-refractivity contribution is 7.15. The molecule has 2 aliphatic carbocycles. The summed E-state index contributed by atoms with van der Waals surface area (Å²) in [6, 6.07) is 35.8. The van der Waals surface area contributed by atoms with Crippen molar-refractivity contribution in [2.75, 3.05) is 13.1 Å². The summed E-state index contributed by atoms with van der Waals surface area (Å²) in [5.41, 5.74) is 6.12. The fourth-order valence-electron chi connectivity index (χ4n) is 11.1. The third-order valence-corrected chi connectivity index (χ3v) is 17.3. The summed E-state index contributed by atoms with van der Waals surface area (Å²) in [6.07, 6.45) is 18.0. The Labute approximate surface area is 408 Å². The lowest BCUT2D eigenvalue weighted by Crippen LogP contribution is -2.44. The quantitative estimate of drug-likeness (QED) is 0.116. The SMILES string of the molecule is O=C(C[C@@H](C(=O)N1CCC[C@H]1c1ncc(-c2ccc(-c3ccc(-c4cnc([C@@H]5CCCN5C(=O)[C@H](NC(=O)C5CCCCC5)c5ccccc5)s4)cc3)cc2)s1)c1ccccc1)C1CCCCC1. The van der Waals surface area contributed by atoms with E-state index in [9.17, 15) is 19.2 Å². The molecule has 2 saturated carbocycles. The Morgan fingerprint density at radius 3 is 1.49 bits per heavy atom. The van der Waals surface area contributed by atoms with E-state index < -0.39 is 12.0 Å². The Morgan fingerprint density at radius 1 is 0.515 bits per heavy atom. The van der Waals surface area contributed by atoms with Crippen molar-refractivity contribution in [2.45, 2.75) is 120 Å². The molecule has 4 aliphatic rings. The van der Waals surface area contributed by atoms with E-state index >= 15 is 0 Å². The number of likely N-dealkylation sites (tertiary alicyclic amines) is 2. The Morgan fingerprint density at radius 2 is 0.971 bits per heavy atom. The summed E-state index contributed by atoms with van der Waals surface area (Å²) >= 11 is 3.29. The van der Waals surface area contributed by atoms with Crippen LogP contribution in [0.2, 0.25) is 0 Å². The molecule has 4 aromatic carbocycles. The molecule has 2 aliphatic heterocycles. The van der Waals surface area contributed by atoms with Crippen molar-refractivity contribution in [1.82, 2.24) is 25.1 Å². The van der Waals surface area contributed by atoms with Crippen molar-refractivity contribution in [1.29, 1.82) is 0 Å². The second-order valence-corrected chi connectivity index (χ2v) is 21.4. The second-order valence-electron chi connectivity index (χ2n) is 19.3. The molecule has 4 heterocycles. The van der Waals surface area contributed by atoms with Gasteiger partial charge in [0.05, 0.1) is 27.8 Å². The zero-order valence-electron chi connectivity index (χ0n) is 38.8. The maximum atomic E-state index is 14.4. The van der Waals surface area contributed by atoms with Crippen LogP contribution in [0.5, 0.6) is 0 Å². The molecule has 0 radical (unpaired) electrons. The Kier molecular flexibility index (Phi) is 14.4. The van der Waals surface area contributed by atoms with Gasteiger partial charge in [0.25, 0.3) is 0 Å². The van der Waals surface area contributed by atoms with Gasteiger partial charge >= 0.3 is 0 Å². The average molecular weight is 944 g/mol. The monoisotopic (exact) mass is 943 g/mol. The lowest BCUT2D eigenvalue weighted by Gasteiger charge is -2.30. The molecule has 1 N–H and O–H groups in total. The van der Waals surface area contributed by atoms with Crippen molar-refractivity contribution < 1.29 is 19.2 Å². The minimum Gasteiger partial charge on any atom is -0.340 e. The highest BCUT2D eigenvalue weighted by atomic mass is 32.1. The molecule has 6 aromatic rings. The third kappa shape index (κ3) is 10.2. The predicted molar refractivity (Wildman–Crippen MR) is 271 cm³/mol. The molecule has 9 nitrogen and oxygen atoms in total. The number of carbonyl (C=O) groups is 4. The van der Waals surface area contributed by atoms with Crippen molar-refractivity contribution in [2.24, 2.45) is 11.8 Å². The molecular weight excluding hydrogens is 883 g/mol. The number of hydrogen-bond donors (Lipinski definition) is 1. The van der Waals surface area contributed by atoms with Gasteiger partial charge in [0.15, 0.2) is 0 Å². The zero-order chi connectivity index (χ0) is 46.4. The van der Waals surface area contributed by atoms with Gasteiger partial charge in [-0.3, -0.25) is 19.2 Å². The van der Waals surface area contributed by atoms with Crippen molar-refractivity contribution >= 4 is 46.2 Å². The van der Waals surface area contributed by atoms with Gasteiger partial charge in [-0.05, 0) is 84.7 Å². The number of thiazole rings is 2. The molecule has 2 aromatic heterocycles. The first-order valence-electron chi connectivity index (χ1n) is 25.0. The number of Topliss-reactive ketones (excluding diaryl/α,β-unsaturated/α-hetero) is 1. The van der Waals surface area contributed by atoms with Gasteiger partial charge in [0.1, 0.15) is 21.8 Å². The van der Waals surface area contributed by atoms with Crippen molar-refractivity contribution in [3.05, 3.63) is 143 Å². The van der Waals surface area contributed by atoms with Gasteiger partial charge in [0, 0.05) is 43.7 Å². The number of ketones is 1.